The molecule has 1 unspecified atom stereocenters. The fraction of sp³-hybridized carbons (Fsp3) is 0.417. The van der Waals surface area contributed by atoms with Crippen LogP contribution < -0.4 is 5.32 Å². The molecule has 0 saturated heterocycles. The van der Waals surface area contributed by atoms with E-state index in [1.807, 2.05) is 11.7 Å². The van der Waals surface area contributed by atoms with Crippen molar-refractivity contribution in [3.63, 3.8) is 0 Å². The quantitative estimate of drug-likeness (QED) is 0.937. The molecule has 0 fully saturated rings. The molecule has 1 aromatic carbocycles. The maximum atomic E-state index is 4.49. The van der Waals surface area contributed by atoms with E-state index in [1.165, 1.54) is 16.5 Å². The summed E-state index contributed by atoms with van der Waals surface area (Å²) >= 11 is 3.51. The lowest BCUT2D eigenvalue weighted by molar-refractivity contribution is 0.636. The molecule has 0 radical (unpaired) electrons. The van der Waals surface area contributed by atoms with Crippen LogP contribution >= 0.6 is 15.9 Å². The Balaban J connectivity index is 2.74. The summed E-state index contributed by atoms with van der Waals surface area (Å²) in [6.07, 6.45) is 0. The highest BCUT2D eigenvalue weighted by molar-refractivity contribution is 9.10. The van der Waals surface area contributed by atoms with E-state index in [0.717, 1.165) is 11.1 Å². The van der Waals surface area contributed by atoms with Gasteiger partial charge in [0.2, 0.25) is 0 Å². The Kier molecular flexibility index (Phi) is 3.30. The number of para-hydroxylation sites is 1. The molecular weight excluding hydrogens is 266 g/mol. The molecule has 0 saturated carbocycles. The second kappa shape index (κ2) is 4.55. The molecule has 0 amide bonds. The summed E-state index contributed by atoms with van der Waals surface area (Å²) in [6, 6.07) is 6.67. The van der Waals surface area contributed by atoms with E-state index in [9.17, 15) is 0 Å². The molecule has 4 heteroatoms. The zero-order valence-corrected chi connectivity index (χ0v) is 11.4. The molecule has 0 aliphatic rings. The number of aryl methyl sites for hydroxylation is 1. The van der Waals surface area contributed by atoms with Crippen molar-refractivity contribution in [1.82, 2.24) is 15.1 Å². The number of benzene rings is 1. The molecule has 86 valence electrons. The first kappa shape index (κ1) is 11.6. The van der Waals surface area contributed by atoms with Crippen LogP contribution in [-0.4, -0.2) is 16.8 Å². The molecule has 16 heavy (non-hydrogen) atoms. The number of hydrogen-bond donors (Lipinski definition) is 1. The van der Waals surface area contributed by atoms with Crippen LogP contribution in [0.15, 0.2) is 22.8 Å². The maximum absolute atomic E-state index is 4.49. The van der Waals surface area contributed by atoms with Gasteiger partial charge in [-0.05, 0) is 42.4 Å². The summed E-state index contributed by atoms with van der Waals surface area (Å²) in [5, 5.41) is 8.95. The van der Waals surface area contributed by atoms with Gasteiger partial charge in [-0.2, -0.15) is 5.10 Å². The van der Waals surface area contributed by atoms with Gasteiger partial charge < -0.3 is 5.32 Å². The SMILES string of the molecule is CCn1nc(Br)c2cccc(C(C)NC)c21. The molecule has 0 aliphatic carbocycles. The third kappa shape index (κ3) is 1.76. The van der Waals surface area contributed by atoms with Gasteiger partial charge >= 0.3 is 0 Å². The number of aromatic nitrogens is 2. The Hall–Kier alpha value is -0.870. The van der Waals surface area contributed by atoms with E-state index in [4.69, 9.17) is 0 Å². The van der Waals surface area contributed by atoms with Crippen LogP contribution in [0.4, 0.5) is 0 Å². The fourth-order valence-corrected chi connectivity index (χ4v) is 2.47. The molecule has 3 nitrogen and oxygen atoms in total. The van der Waals surface area contributed by atoms with Crippen molar-refractivity contribution in [3.8, 4) is 0 Å². The van der Waals surface area contributed by atoms with E-state index in [0.29, 0.717) is 6.04 Å². The Labute approximate surface area is 104 Å². The molecule has 0 bridgehead atoms. The van der Waals surface area contributed by atoms with Crippen LogP contribution in [0.1, 0.15) is 25.5 Å². The average Bonchev–Trinajstić information content (AvgIpc) is 2.65. The van der Waals surface area contributed by atoms with Gasteiger partial charge in [0, 0.05) is 18.0 Å². The lowest BCUT2D eigenvalue weighted by Gasteiger charge is -2.13. The summed E-state index contributed by atoms with van der Waals surface area (Å²) in [4.78, 5) is 0. The molecule has 2 aromatic rings. The Bertz CT molecular complexity index is 504. The Morgan fingerprint density at radius 3 is 2.88 bits per heavy atom. The summed E-state index contributed by atoms with van der Waals surface area (Å²) in [7, 11) is 1.98. The van der Waals surface area contributed by atoms with Crippen LogP contribution in [0.3, 0.4) is 0 Å². The topological polar surface area (TPSA) is 29.9 Å². The molecular formula is C12H16BrN3. The maximum Gasteiger partial charge on any atom is 0.136 e. The third-order valence-corrected chi connectivity index (χ3v) is 3.54. The number of nitrogens with zero attached hydrogens (tertiary/aromatic N) is 2. The largest absolute Gasteiger partial charge is 0.313 e. The average molecular weight is 282 g/mol. The molecule has 1 N–H and O–H groups in total. The minimum atomic E-state index is 0.331. The monoisotopic (exact) mass is 281 g/mol. The predicted molar refractivity (Wildman–Crippen MR) is 70.6 cm³/mol. The van der Waals surface area contributed by atoms with Crippen molar-refractivity contribution in [2.75, 3.05) is 7.05 Å². The molecule has 1 heterocycles. The molecule has 1 atom stereocenters. The first-order valence-electron chi connectivity index (χ1n) is 5.51. The molecule has 1 aromatic heterocycles. The standard InChI is InChI=1S/C12H16BrN3/c1-4-16-11-9(8(2)14-3)6-5-7-10(11)12(13)15-16/h5-8,14H,4H2,1-3H3. The third-order valence-electron chi connectivity index (χ3n) is 2.96. The van der Waals surface area contributed by atoms with Crippen molar-refractivity contribution in [2.24, 2.45) is 0 Å². The normalized spacial score (nSPS) is 13.2. The van der Waals surface area contributed by atoms with Gasteiger partial charge in [0.25, 0.3) is 0 Å². The van der Waals surface area contributed by atoms with Crippen LogP contribution in [0.5, 0.6) is 0 Å². The van der Waals surface area contributed by atoms with Gasteiger partial charge in [0.1, 0.15) is 4.60 Å². The van der Waals surface area contributed by atoms with Crippen molar-refractivity contribution in [2.45, 2.75) is 26.4 Å². The highest BCUT2D eigenvalue weighted by Crippen LogP contribution is 2.29. The smallest absolute Gasteiger partial charge is 0.136 e. The summed E-state index contributed by atoms with van der Waals surface area (Å²) in [6.45, 7) is 5.16. The summed E-state index contributed by atoms with van der Waals surface area (Å²) in [5.41, 5.74) is 2.51. The number of hydrogen-bond acceptors (Lipinski definition) is 2. The summed E-state index contributed by atoms with van der Waals surface area (Å²) < 4.78 is 2.97. The van der Waals surface area contributed by atoms with Crippen molar-refractivity contribution in [1.29, 1.82) is 0 Å². The first-order valence-corrected chi connectivity index (χ1v) is 6.30. The summed E-state index contributed by atoms with van der Waals surface area (Å²) in [5.74, 6) is 0. The van der Waals surface area contributed by atoms with Gasteiger partial charge in [0.15, 0.2) is 0 Å². The second-order valence-electron chi connectivity index (χ2n) is 3.86. The van der Waals surface area contributed by atoms with Crippen LogP contribution in [0.2, 0.25) is 0 Å². The zero-order valence-electron chi connectivity index (χ0n) is 9.79. The van der Waals surface area contributed by atoms with Gasteiger partial charge in [-0.3, -0.25) is 4.68 Å². The highest BCUT2D eigenvalue weighted by Gasteiger charge is 2.14. The fourth-order valence-electron chi connectivity index (χ4n) is 1.96. The second-order valence-corrected chi connectivity index (χ2v) is 4.61. The Morgan fingerprint density at radius 2 is 2.25 bits per heavy atom. The van der Waals surface area contributed by atoms with E-state index < -0.39 is 0 Å². The highest BCUT2D eigenvalue weighted by atomic mass is 79.9. The number of fused-ring (bicyclic) bond motifs is 1. The van der Waals surface area contributed by atoms with E-state index in [1.54, 1.807) is 0 Å². The number of halogens is 1. The minimum Gasteiger partial charge on any atom is -0.313 e. The van der Waals surface area contributed by atoms with Crippen LogP contribution in [-0.2, 0) is 6.54 Å². The minimum absolute atomic E-state index is 0.331. The van der Waals surface area contributed by atoms with Crippen LogP contribution in [0.25, 0.3) is 10.9 Å². The van der Waals surface area contributed by atoms with Gasteiger partial charge in [0.05, 0.1) is 5.52 Å². The molecule has 2 rings (SSSR count). The first-order chi connectivity index (χ1) is 7.69. The number of nitrogens with one attached hydrogen (secondary N) is 1. The van der Waals surface area contributed by atoms with E-state index in [2.05, 4.69) is 58.4 Å². The zero-order chi connectivity index (χ0) is 11.7. The van der Waals surface area contributed by atoms with Gasteiger partial charge in [-0.1, -0.05) is 18.2 Å². The van der Waals surface area contributed by atoms with Gasteiger partial charge in [-0.25, -0.2) is 0 Å². The number of rotatable bonds is 3. The van der Waals surface area contributed by atoms with Crippen molar-refractivity contribution in [3.05, 3.63) is 28.4 Å². The lowest BCUT2D eigenvalue weighted by Crippen LogP contribution is -2.13. The van der Waals surface area contributed by atoms with Crippen LogP contribution in [0, 0.1) is 0 Å². The van der Waals surface area contributed by atoms with Crippen molar-refractivity contribution < 1.29 is 0 Å². The Morgan fingerprint density at radius 1 is 1.50 bits per heavy atom. The molecule has 0 spiro atoms. The van der Waals surface area contributed by atoms with Gasteiger partial charge in [-0.15, -0.1) is 0 Å². The van der Waals surface area contributed by atoms with E-state index in [-0.39, 0.29) is 0 Å². The predicted octanol–water partition coefficient (Wildman–Crippen LogP) is 3.10. The van der Waals surface area contributed by atoms with Crippen molar-refractivity contribution >= 4 is 26.8 Å². The van der Waals surface area contributed by atoms with E-state index >= 15 is 0 Å². The lowest BCUT2D eigenvalue weighted by atomic mass is 10.1. The molecule has 0 aliphatic heterocycles.